The lowest BCUT2D eigenvalue weighted by molar-refractivity contribution is -0.134. The fraction of sp³-hybridized carbons (Fsp3) is 0.429. The molecule has 5 heteroatoms. The summed E-state index contributed by atoms with van der Waals surface area (Å²) in [4.78, 5) is 14.5. The van der Waals surface area contributed by atoms with Crippen molar-refractivity contribution in [2.45, 2.75) is 19.9 Å². The number of nitrogens with zero attached hydrogens (tertiary/aromatic N) is 1. The molecule has 1 aliphatic heterocycles. The summed E-state index contributed by atoms with van der Waals surface area (Å²) < 4.78 is 5.64. The molecule has 1 unspecified atom stereocenters. The van der Waals surface area contributed by atoms with Crippen molar-refractivity contribution in [1.82, 2.24) is 4.90 Å². The molecule has 0 spiro atoms. The zero-order valence-corrected chi connectivity index (χ0v) is 11.8. The number of para-hydroxylation sites is 1. The molecule has 0 fully saturated rings. The zero-order valence-electron chi connectivity index (χ0n) is 11.0. The van der Waals surface area contributed by atoms with Crippen LogP contribution < -0.4 is 10.5 Å². The van der Waals surface area contributed by atoms with E-state index in [1.54, 1.807) is 4.90 Å². The lowest BCUT2D eigenvalue weighted by Gasteiger charge is -2.24. The molecule has 102 valence electrons. The van der Waals surface area contributed by atoms with Crippen LogP contribution in [0, 0.1) is 5.92 Å². The topological polar surface area (TPSA) is 55.6 Å². The third-order valence-electron chi connectivity index (χ3n) is 3.31. The number of rotatable bonds is 3. The first-order valence-corrected chi connectivity index (χ1v) is 6.83. The molecule has 0 bridgehead atoms. The van der Waals surface area contributed by atoms with E-state index in [2.05, 4.69) is 0 Å². The average Bonchev–Trinajstić information content (AvgIpc) is 2.60. The maximum Gasteiger partial charge on any atom is 0.232 e. The molecular weight excluding hydrogens is 260 g/mol. The summed E-state index contributed by atoms with van der Waals surface area (Å²) in [6.45, 7) is 3.53. The van der Waals surface area contributed by atoms with Gasteiger partial charge >= 0.3 is 0 Å². The molecule has 1 atom stereocenters. The predicted molar refractivity (Wildman–Crippen MR) is 77.9 cm³/mol. The molecule has 19 heavy (non-hydrogen) atoms. The second kappa shape index (κ2) is 6.02. The van der Waals surface area contributed by atoms with Crippen LogP contribution in [0.4, 0.5) is 0 Å². The minimum Gasteiger partial charge on any atom is -0.491 e. The van der Waals surface area contributed by atoms with Crippen LogP contribution in [0.5, 0.6) is 5.75 Å². The fourth-order valence-corrected chi connectivity index (χ4v) is 2.50. The lowest BCUT2D eigenvalue weighted by atomic mass is 10.0. The lowest BCUT2D eigenvalue weighted by Crippen LogP contribution is -2.41. The number of thiocarbonyl (C=S) groups is 1. The molecule has 0 saturated carbocycles. The normalized spacial score (nSPS) is 15.9. The summed E-state index contributed by atoms with van der Waals surface area (Å²) in [5.74, 6) is 0.469. The Morgan fingerprint density at radius 2 is 2.26 bits per heavy atom. The number of hydrogen-bond donors (Lipinski definition) is 1. The first kappa shape index (κ1) is 13.8. The van der Waals surface area contributed by atoms with Crippen molar-refractivity contribution >= 4 is 23.1 Å². The van der Waals surface area contributed by atoms with E-state index in [1.807, 2.05) is 31.2 Å². The van der Waals surface area contributed by atoms with Crippen LogP contribution in [0.25, 0.3) is 0 Å². The van der Waals surface area contributed by atoms with Gasteiger partial charge in [0.25, 0.3) is 0 Å². The van der Waals surface area contributed by atoms with Crippen molar-refractivity contribution in [2.24, 2.45) is 11.7 Å². The Bertz CT molecular complexity index is 490. The maximum atomic E-state index is 12.4. The van der Waals surface area contributed by atoms with Crippen molar-refractivity contribution in [3.05, 3.63) is 29.8 Å². The van der Waals surface area contributed by atoms with E-state index < -0.39 is 0 Å². The SMILES string of the molecule is CCC(C(=O)N1CCOc2ccccc2C1)C(N)=S. The first-order valence-electron chi connectivity index (χ1n) is 6.42. The molecule has 1 aromatic carbocycles. The minimum absolute atomic E-state index is 0.00435. The Labute approximate surface area is 118 Å². The molecule has 0 aliphatic carbocycles. The van der Waals surface area contributed by atoms with Gasteiger partial charge in [-0.25, -0.2) is 0 Å². The molecule has 1 aromatic rings. The molecule has 4 nitrogen and oxygen atoms in total. The summed E-state index contributed by atoms with van der Waals surface area (Å²) >= 11 is 4.97. The van der Waals surface area contributed by atoms with Gasteiger partial charge in [0.15, 0.2) is 0 Å². The number of fused-ring (bicyclic) bond motifs is 1. The first-order chi connectivity index (χ1) is 9.13. The quantitative estimate of drug-likeness (QED) is 0.855. The Kier molecular flexibility index (Phi) is 4.37. The summed E-state index contributed by atoms with van der Waals surface area (Å²) in [5, 5.41) is 0. The number of nitrogens with two attached hydrogens (primary N) is 1. The van der Waals surface area contributed by atoms with Gasteiger partial charge in [0, 0.05) is 12.1 Å². The molecule has 1 aliphatic rings. The van der Waals surface area contributed by atoms with Crippen molar-refractivity contribution in [3.8, 4) is 5.75 Å². The third-order valence-corrected chi connectivity index (χ3v) is 3.60. The van der Waals surface area contributed by atoms with E-state index in [0.29, 0.717) is 26.1 Å². The van der Waals surface area contributed by atoms with Crippen LogP contribution >= 0.6 is 12.2 Å². The van der Waals surface area contributed by atoms with Gasteiger partial charge in [-0.15, -0.1) is 0 Å². The summed E-state index contributed by atoms with van der Waals surface area (Å²) in [6.07, 6.45) is 0.632. The predicted octanol–water partition coefficient (Wildman–Crippen LogP) is 1.72. The Morgan fingerprint density at radius 3 is 2.95 bits per heavy atom. The summed E-state index contributed by atoms with van der Waals surface area (Å²) in [5.41, 5.74) is 6.66. The average molecular weight is 278 g/mol. The van der Waals surface area contributed by atoms with Gasteiger partial charge in [-0.1, -0.05) is 37.3 Å². The molecule has 1 amide bonds. The highest BCUT2D eigenvalue weighted by Gasteiger charge is 2.27. The summed E-state index contributed by atoms with van der Waals surface area (Å²) in [7, 11) is 0. The van der Waals surface area contributed by atoms with E-state index in [1.165, 1.54) is 0 Å². The number of ether oxygens (including phenoxy) is 1. The monoisotopic (exact) mass is 278 g/mol. The number of benzene rings is 1. The van der Waals surface area contributed by atoms with Crippen LogP contribution in [-0.4, -0.2) is 28.9 Å². The molecular formula is C14H18N2O2S. The van der Waals surface area contributed by atoms with Gasteiger partial charge in [0.1, 0.15) is 12.4 Å². The summed E-state index contributed by atoms with van der Waals surface area (Å²) in [6, 6.07) is 7.78. The highest BCUT2D eigenvalue weighted by molar-refractivity contribution is 7.80. The maximum absolute atomic E-state index is 12.4. The number of carbonyl (C=O) groups is 1. The molecule has 2 N–H and O–H groups in total. The van der Waals surface area contributed by atoms with E-state index >= 15 is 0 Å². The standard InChI is InChI=1S/C14H18N2O2S/c1-2-11(13(15)19)14(17)16-7-8-18-12-6-4-3-5-10(12)9-16/h3-6,11H,2,7-9H2,1H3,(H2,15,19). The van der Waals surface area contributed by atoms with E-state index in [4.69, 9.17) is 22.7 Å². The van der Waals surface area contributed by atoms with Crippen molar-refractivity contribution < 1.29 is 9.53 Å². The highest BCUT2D eigenvalue weighted by Crippen LogP contribution is 2.23. The second-order valence-electron chi connectivity index (χ2n) is 4.58. The highest BCUT2D eigenvalue weighted by atomic mass is 32.1. The Balaban J connectivity index is 2.18. The van der Waals surface area contributed by atoms with Crippen molar-refractivity contribution in [1.29, 1.82) is 0 Å². The minimum atomic E-state index is -0.375. The van der Waals surface area contributed by atoms with Crippen LogP contribution in [0.2, 0.25) is 0 Å². The van der Waals surface area contributed by atoms with Gasteiger partial charge in [-0.3, -0.25) is 4.79 Å². The van der Waals surface area contributed by atoms with E-state index in [9.17, 15) is 4.79 Å². The van der Waals surface area contributed by atoms with Crippen LogP contribution in [-0.2, 0) is 11.3 Å². The van der Waals surface area contributed by atoms with Crippen LogP contribution in [0.1, 0.15) is 18.9 Å². The van der Waals surface area contributed by atoms with Crippen LogP contribution in [0.15, 0.2) is 24.3 Å². The zero-order chi connectivity index (χ0) is 13.8. The molecule has 2 rings (SSSR count). The fourth-order valence-electron chi connectivity index (χ4n) is 2.23. The third kappa shape index (κ3) is 3.04. The number of carbonyl (C=O) groups excluding carboxylic acids is 1. The largest absolute Gasteiger partial charge is 0.491 e. The smallest absolute Gasteiger partial charge is 0.232 e. The van der Waals surface area contributed by atoms with E-state index in [-0.39, 0.29) is 16.8 Å². The molecule has 0 saturated heterocycles. The molecule has 1 heterocycles. The Morgan fingerprint density at radius 1 is 1.53 bits per heavy atom. The van der Waals surface area contributed by atoms with Crippen molar-refractivity contribution in [3.63, 3.8) is 0 Å². The van der Waals surface area contributed by atoms with Gasteiger partial charge in [-0.2, -0.15) is 0 Å². The Hall–Kier alpha value is -1.62. The van der Waals surface area contributed by atoms with Gasteiger partial charge < -0.3 is 15.4 Å². The van der Waals surface area contributed by atoms with E-state index in [0.717, 1.165) is 11.3 Å². The molecule has 0 aromatic heterocycles. The van der Waals surface area contributed by atoms with Gasteiger partial charge in [-0.05, 0) is 12.5 Å². The molecule has 0 radical (unpaired) electrons. The van der Waals surface area contributed by atoms with Crippen LogP contribution in [0.3, 0.4) is 0 Å². The number of amides is 1. The van der Waals surface area contributed by atoms with Gasteiger partial charge in [0.05, 0.1) is 17.5 Å². The van der Waals surface area contributed by atoms with Crippen molar-refractivity contribution in [2.75, 3.05) is 13.2 Å². The number of hydrogen-bond acceptors (Lipinski definition) is 3. The van der Waals surface area contributed by atoms with Gasteiger partial charge in [0.2, 0.25) is 5.91 Å². The second-order valence-corrected chi connectivity index (χ2v) is 5.05.